The van der Waals surface area contributed by atoms with Gasteiger partial charge in [0.25, 0.3) is 0 Å². The van der Waals surface area contributed by atoms with Crippen molar-refractivity contribution in [1.29, 1.82) is 0 Å². The summed E-state index contributed by atoms with van der Waals surface area (Å²) in [4.78, 5) is 8.47. The average Bonchev–Trinajstić information content (AvgIpc) is 3.18. The number of benzene rings is 1. The van der Waals surface area contributed by atoms with Gasteiger partial charge in [0.15, 0.2) is 5.65 Å². The van der Waals surface area contributed by atoms with Crippen molar-refractivity contribution >= 4 is 16.9 Å². The molecule has 1 aliphatic rings. The molecule has 1 unspecified atom stereocenters. The third kappa shape index (κ3) is 3.83. The number of ether oxygens (including phenoxy) is 1. The van der Waals surface area contributed by atoms with Crippen LogP contribution < -0.4 is 5.32 Å². The molecule has 3 aromatic rings. The number of aromatic amines is 1. The van der Waals surface area contributed by atoms with Crippen molar-refractivity contribution in [3.05, 3.63) is 48.4 Å². The highest BCUT2D eigenvalue weighted by Crippen LogP contribution is 2.27. The zero-order valence-corrected chi connectivity index (χ0v) is 14.4. The second kappa shape index (κ2) is 7.78. The number of alkyl halides is 1. The van der Waals surface area contributed by atoms with Crippen LogP contribution in [0.3, 0.4) is 0 Å². The fourth-order valence-corrected chi connectivity index (χ4v) is 3.43. The predicted octanol–water partition coefficient (Wildman–Crippen LogP) is 3.80. The second-order valence-electron chi connectivity index (χ2n) is 6.68. The fourth-order valence-electron chi connectivity index (χ4n) is 3.43. The molecule has 0 aliphatic heterocycles. The standard InChI is InChI=1S/C19H22FN5O/c20-17(13-4-2-1-3-5-13)11-26-15-8-6-14(7-9-15)24-18-16-10-23-25-19(16)22-12-21-18/h1-5,10,12,14-15,17H,6-9,11H2,(H2,21,22,23,24,25). The first-order valence-corrected chi connectivity index (χ1v) is 9.01. The number of H-pyrrole nitrogens is 1. The van der Waals surface area contributed by atoms with Gasteiger partial charge in [-0.3, -0.25) is 5.10 Å². The molecule has 6 nitrogen and oxygen atoms in total. The Kier molecular flexibility index (Phi) is 5.06. The van der Waals surface area contributed by atoms with Gasteiger partial charge in [-0.05, 0) is 31.2 Å². The van der Waals surface area contributed by atoms with Crippen molar-refractivity contribution in [2.24, 2.45) is 0 Å². The molecule has 2 aromatic heterocycles. The van der Waals surface area contributed by atoms with E-state index < -0.39 is 6.17 Å². The first-order valence-electron chi connectivity index (χ1n) is 9.01. The number of fused-ring (bicyclic) bond motifs is 1. The fraction of sp³-hybridized carbons (Fsp3) is 0.421. The van der Waals surface area contributed by atoms with E-state index in [2.05, 4.69) is 25.5 Å². The Hall–Kier alpha value is -2.54. The topological polar surface area (TPSA) is 75.7 Å². The molecule has 4 rings (SSSR count). The molecule has 0 amide bonds. The summed E-state index contributed by atoms with van der Waals surface area (Å²) in [6.45, 7) is 0.119. The minimum Gasteiger partial charge on any atom is -0.375 e. The van der Waals surface area contributed by atoms with Crippen LogP contribution in [0.1, 0.15) is 37.4 Å². The van der Waals surface area contributed by atoms with Gasteiger partial charge in [0, 0.05) is 6.04 Å². The van der Waals surface area contributed by atoms with Gasteiger partial charge in [-0.25, -0.2) is 14.4 Å². The second-order valence-corrected chi connectivity index (χ2v) is 6.68. The SMILES string of the molecule is FC(COC1CCC(Nc2ncnc3[nH]ncc23)CC1)c1ccccc1. The van der Waals surface area contributed by atoms with Crippen LogP contribution in [0, 0.1) is 0 Å². The van der Waals surface area contributed by atoms with E-state index in [0.717, 1.165) is 42.5 Å². The number of nitrogens with zero attached hydrogens (tertiary/aromatic N) is 3. The van der Waals surface area contributed by atoms with Crippen LogP contribution in [-0.2, 0) is 4.74 Å². The van der Waals surface area contributed by atoms with Crippen LogP contribution >= 0.6 is 0 Å². The molecule has 0 saturated heterocycles. The normalized spacial score (nSPS) is 21.6. The summed E-state index contributed by atoms with van der Waals surface area (Å²) in [6.07, 6.45) is 6.08. The maximum absolute atomic E-state index is 14.2. The molecule has 0 spiro atoms. The van der Waals surface area contributed by atoms with E-state index in [1.54, 1.807) is 18.3 Å². The number of rotatable bonds is 6. The highest BCUT2D eigenvalue weighted by molar-refractivity contribution is 5.85. The Morgan fingerprint density at radius 3 is 2.77 bits per heavy atom. The van der Waals surface area contributed by atoms with Crippen LogP contribution in [0.4, 0.5) is 10.2 Å². The Labute approximate surface area is 151 Å². The van der Waals surface area contributed by atoms with E-state index in [1.165, 1.54) is 6.33 Å². The molecule has 0 bridgehead atoms. The van der Waals surface area contributed by atoms with Crippen LogP contribution in [0.15, 0.2) is 42.9 Å². The van der Waals surface area contributed by atoms with E-state index in [1.807, 2.05) is 18.2 Å². The maximum Gasteiger partial charge on any atom is 0.160 e. The molecule has 136 valence electrons. The molecule has 1 fully saturated rings. The average molecular weight is 355 g/mol. The monoisotopic (exact) mass is 355 g/mol. The number of hydrogen-bond donors (Lipinski definition) is 2. The molecule has 26 heavy (non-hydrogen) atoms. The molecule has 1 aromatic carbocycles. The number of nitrogens with one attached hydrogen (secondary N) is 2. The minimum atomic E-state index is -1.07. The molecule has 1 saturated carbocycles. The van der Waals surface area contributed by atoms with Gasteiger partial charge in [0.2, 0.25) is 0 Å². The molecule has 2 heterocycles. The molecular weight excluding hydrogens is 333 g/mol. The summed E-state index contributed by atoms with van der Waals surface area (Å²) in [6, 6.07) is 9.52. The first kappa shape index (κ1) is 16.9. The van der Waals surface area contributed by atoms with Gasteiger partial charge in [-0.2, -0.15) is 5.10 Å². The van der Waals surface area contributed by atoms with Crippen LogP contribution in [0.25, 0.3) is 11.0 Å². The van der Waals surface area contributed by atoms with E-state index >= 15 is 0 Å². The molecular formula is C19H22FN5O. The summed E-state index contributed by atoms with van der Waals surface area (Å²) < 4.78 is 20.0. The Morgan fingerprint density at radius 1 is 1.15 bits per heavy atom. The highest BCUT2D eigenvalue weighted by Gasteiger charge is 2.23. The van der Waals surface area contributed by atoms with Crippen molar-refractivity contribution in [2.45, 2.75) is 44.0 Å². The zero-order chi connectivity index (χ0) is 17.8. The Bertz CT molecular complexity index is 832. The number of hydrogen-bond acceptors (Lipinski definition) is 5. The van der Waals surface area contributed by atoms with E-state index in [0.29, 0.717) is 11.6 Å². The van der Waals surface area contributed by atoms with Crippen molar-refractivity contribution in [3.8, 4) is 0 Å². The predicted molar refractivity (Wildman–Crippen MR) is 97.6 cm³/mol. The zero-order valence-electron chi connectivity index (χ0n) is 14.4. The van der Waals surface area contributed by atoms with Gasteiger partial charge >= 0.3 is 0 Å². The van der Waals surface area contributed by atoms with Crippen molar-refractivity contribution in [3.63, 3.8) is 0 Å². The third-order valence-corrected chi connectivity index (χ3v) is 4.90. The molecule has 7 heteroatoms. The highest BCUT2D eigenvalue weighted by atomic mass is 19.1. The lowest BCUT2D eigenvalue weighted by atomic mass is 9.93. The smallest absolute Gasteiger partial charge is 0.160 e. The van der Waals surface area contributed by atoms with Crippen LogP contribution in [-0.4, -0.2) is 38.9 Å². The minimum absolute atomic E-state index is 0.119. The quantitative estimate of drug-likeness (QED) is 0.703. The largest absolute Gasteiger partial charge is 0.375 e. The van der Waals surface area contributed by atoms with Crippen LogP contribution in [0.5, 0.6) is 0 Å². The molecule has 2 N–H and O–H groups in total. The van der Waals surface area contributed by atoms with Crippen LogP contribution in [0.2, 0.25) is 0 Å². The van der Waals surface area contributed by atoms with Gasteiger partial charge in [0.1, 0.15) is 18.3 Å². The lowest BCUT2D eigenvalue weighted by molar-refractivity contribution is -0.00247. The van der Waals surface area contributed by atoms with E-state index in [4.69, 9.17) is 4.74 Å². The Balaban J connectivity index is 1.26. The van der Waals surface area contributed by atoms with Gasteiger partial charge < -0.3 is 10.1 Å². The maximum atomic E-state index is 14.2. The lowest BCUT2D eigenvalue weighted by Crippen LogP contribution is -2.30. The van der Waals surface area contributed by atoms with Gasteiger partial charge in [-0.1, -0.05) is 30.3 Å². The summed E-state index contributed by atoms with van der Waals surface area (Å²) >= 11 is 0. The summed E-state index contributed by atoms with van der Waals surface area (Å²) in [5.74, 6) is 0.806. The number of aromatic nitrogens is 4. The van der Waals surface area contributed by atoms with Gasteiger partial charge in [0.05, 0.1) is 24.3 Å². The lowest BCUT2D eigenvalue weighted by Gasteiger charge is -2.30. The summed E-state index contributed by atoms with van der Waals surface area (Å²) in [5, 5.41) is 11.2. The Morgan fingerprint density at radius 2 is 1.96 bits per heavy atom. The van der Waals surface area contributed by atoms with E-state index in [9.17, 15) is 4.39 Å². The van der Waals surface area contributed by atoms with Gasteiger partial charge in [-0.15, -0.1) is 0 Å². The molecule has 0 radical (unpaired) electrons. The van der Waals surface area contributed by atoms with E-state index in [-0.39, 0.29) is 12.7 Å². The van der Waals surface area contributed by atoms with Crippen molar-refractivity contribution < 1.29 is 9.13 Å². The summed E-state index contributed by atoms with van der Waals surface area (Å²) in [5.41, 5.74) is 1.41. The number of anilines is 1. The van der Waals surface area contributed by atoms with Crippen molar-refractivity contribution in [2.75, 3.05) is 11.9 Å². The molecule has 1 atom stereocenters. The first-order chi connectivity index (χ1) is 12.8. The third-order valence-electron chi connectivity index (χ3n) is 4.90. The molecule has 1 aliphatic carbocycles. The number of halogens is 1. The van der Waals surface area contributed by atoms with Crippen molar-refractivity contribution in [1.82, 2.24) is 20.2 Å². The summed E-state index contributed by atoms with van der Waals surface area (Å²) in [7, 11) is 0.